The molecular formula is C16H25N3O5S. The molecule has 1 saturated heterocycles. The Hall–Kier alpha value is -1.90. The monoisotopic (exact) mass is 371 g/mol. The number of piperidine rings is 1. The van der Waals surface area contributed by atoms with Crippen molar-refractivity contribution in [3.63, 3.8) is 0 Å². The van der Waals surface area contributed by atoms with E-state index in [0.717, 1.165) is 34.5 Å². The highest BCUT2D eigenvalue weighted by Gasteiger charge is 2.31. The Morgan fingerprint density at radius 3 is 2.24 bits per heavy atom. The Balaban J connectivity index is 2.22. The number of nitrogens with zero attached hydrogens (tertiary/aromatic N) is 3. The first-order valence-electron chi connectivity index (χ1n) is 8.31. The largest absolute Gasteiger partial charge is 0.336 e. The van der Waals surface area contributed by atoms with Crippen LogP contribution >= 0.6 is 0 Å². The maximum absolute atomic E-state index is 12.5. The summed E-state index contributed by atoms with van der Waals surface area (Å²) in [5.74, 6) is -1.56. The Bertz CT molecular complexity index is 874. The van der Waals surface area contributed by atoms with Crippen LogP contribution in [0.5, 0.6) is 0 Å². The topological polar surface area (TPSA) is 98.5 Å². The first-order chi connectivity index (χ1) is 11.5. The highest BCUT2D eigenvalue weighted by molar-refractivity contribution is 7.91. The van der Waals surface area contributed by atoms with Crippen molar-refractivity contribution >= 4 is 15.7 Å². The zero-order valence-electron chi connectivity index (χ0n) is 15.1. The summed E-state index contributed by atoms with van der Waals surface area (Å²) in [4.78, 5) is 37.8. The molecule has 0 spiro atoms. The second kappa shape index (κ2) is 7.15. The number of hydrogen-bond acceptors (Lipinski definition) is 5. The third kappa shape index (κ3) is 4.20. The van der Waals surface area contributed by atoms with E-state index in [2.05, 4.69) is 0 Å². The molecule has 2 rings (SSSR count). The van der Waals surface area contributed by atoms with Crippen LogP contribution in [0.2, 0.25) is 0 Å². The van der Waals surface area contributed by atoms with E-state index in [-0.39, 0.29) is 17.8 Å². The lowest BCUT2D eigenvalue weighted by Crippen LogP contribution is -2.49. The molecule has 1 aromatic rings. The van der Waals surface area contributed by atoms with Gasteiger partial charge >= 0.3 is 5.69 Å². The SMILES string of the molecule is C[C@@H]1CCC[C@@H](C)N1C(=O)CS(=O)(=O)Cc1cc(=O)n(C)c(=O)n1C. The molecule has 0 saturated carbocycles. The van der Waals surface area contributed by atoms with Gasteiger partial charge in [-0.3, -0.25) is 18.7 Å². The lowest BCUT2D eigenvalue weighted by atomic mass is 9.98. The second-order valence-corrected chi connectivity index (χ2v) is 8.90. The molecule has 1 amide bonds. The van der Waals surface area contributed by atoms with Gasteiger partial charge in [-0.05, 0) is 33.1 Å². The Morgan fingerprint density at radius 2 is 1.68 bits per heavy atom. The molecule has 25 heavy (non-hydrogen) atoms. The molecule has 0 unspecified atom stereocenters. The first kappa shape index (κ1) is 19.4. The minimum absolute atomic E-state index is 0.0137. The van der Waals surface area contributed by atoms with Gasteiger partial charge in [-0.15, -0.1) is 0 Å². The molecule has 140 valence electrons. The van der Waals surface area contributed by atoms with Crippen LogP contribution in [0.15, 0.2) is 15.7 Å². The first-order valence-corrected chi connectivity index (χ1v) is 10.1. The molecule has 2 atom stereocenters. The van der Waals surface area contributed by atoms with E-state index < -0.39 is 38.5 Å². The van der Waals surface area contributed by atoms with Crippen LogP contribution in [0, 0.1) is 0 Å². The minimum Gasteiger partial charge on any atom is -0.336 e. The van der Waals surface area contributed by atoms with E-state index in [0.29, 0.717) is 0 Å². The number of rotatable bonds is 4. The van der Waals surface area contributed by atoms with Crippen LogP contribution in [-0.2, 0) is 34.5 Å². The van der Waals surface area contributed by atoms with Crippen LogP contribution in [0.1, 0.15) is 38.8 Å². The van der Waals surface area contributed by atoms with Gasteiger partial charge in [0, 0.05) is 37.9 Å². The average molecular weight is 371 g/mol. The quantitative estimate of drug-likeness (QED) is 0.729. The summed E-state index contributed by atoms with van der Waals surface area (Å²) in [5.41, 5.74) is -1.08. The summed E-state index contributed by atoms with van der Waals surface area (Å²) in [6.45, 7) is 3.84. The van der Waals surface area contributed by atoms with Crippen molar-refractivity contribution in [3.05, 3.63) is 32.6 Å². The Labute approximate surface area is 147 Å². The van der Waals surface area contributed by atoms with Crippen LogP contribution < -0.4 is 11.2 Å². The van der Waals surface area contributed by atoms with Gasteiger partial charge in [0.25, 0.3) is 5.56 Å². The van der Waals surface area contributed by atoms with E-state index in [1.54, 1.807) is 4.90 Å². The number of likely N-dealkylation sites (tertiary alicyclic amines) is 1. The fourth-order valence-electron chi connectivity index (χ4n) is 3.37. The summed E-state index contributed by atoms with van der Waals surface area (Å²) in [6, 6.07) is 1.15. The van der Waals surface area contributed by atoms with Crippen molar-refractivity contribution in [2.45, 2.75) is 50.9 Å². The molecule has 1 aliphatic rings. The number of carbonyl (C=O) groups is 1. The van der Waals surface area contributed by atoms with Crippen molar-refractivity contribution in [1.82, 2.24) is 14.0 Å². The maximum Gasteiger partial charge on any atom is 0.330 e. The van der Waals surface area contributed by atoms with E-state index in [9.17, 15) is 22.8 Å². The molecule has 9 heteroatoms. The third-order valence-corrected chi connectivity index (χ3v) is 6.24. The number of carbonyl (C=O) groups excluding carboxylic acids is 1. The zero-order chi connectivity index (χ0) is 18.9. The van der Waals surface area contributed by atoms with Gasteiger partial charge in [-0.1, -0.05) is 0 Å². The lowest BCUT2D eigenvalue weighted by molar-refractivity contribution is -0.134. The Kier molecular flexibility index (Phi) is 5.55. The summed E-state index contributed by atoms with van der Waals surface area (Å²) >= 11 is 0. The highest BCUT2D eigenvalue weighted by Crippen LogP contribution is 2.23. The maximum atomic E-state index is 12.5. The fraction of sp³-hybridized carbons (Fsp3) is 0.688. The molecule has 8 nitrogen and oxygen atoms in total. The molecule has 1 fully saturated rings. The molecule has 0 N–H and O–H groups in total. The van der Waals surface area contributed by atoms with Crippen LogP contribution in [0.3, 0.4) is 0 Å². The van der Waals surface area contributed by atoms with Gasteiger partial charge in [0.2, 0.25) is 5.91 Å². The average Bonchev–Trinajstić information content (AvgIpc) is 2.49. The van der Waals surface area contributed by atoms with Crippen LogP contribution in [0.25, 0.3) is 0 Å². The summed E-state index contributed by atoms with van der Waals surface area (Å²) in [6.07, 6.45) is 2.74. The van der Waals surface area contributed by atoms with Gasteiger partial charge in [0.05, 0.1) is 5.75 Å². The van der Waals surface area contributed by atoms with Crippen molar-refractivity contribution < 1.29 is 13.2 Å². The molecule has 0 bridgehead atoms. The van der Waals surface area contributed by atoms with Crippen molar-refractivity contribution in [3.8, 4) is 0 Å². The van der Waals surface area contributed by atoms with Crippen molar-refractivity contribution in [2.75, 3.05) is 5.75 Å². The van der Waals surface area contributed by atoms with Crippen LogP contribution in [-0.4, -0.2) is 46.2 Å². The minimum atomic E-state index is -3.80. The predicted octanol–water partition coefficient (Wildman–Crippen LogP) is -0.212. The Morgan fingerprint density at radius 1 is 1.12 bits per heavy atom. The number of amides is 1. The molecule has 0 radical (unpaired) electrons. The van der Waals surface area contributed by atoms with Gasteiger partial charge in [-0.2, -0.15) is 0 Å². The summed E-state index contributed by atoms with van der Waals surface area (Å²) in [5, 5.41) is 0. The standard InChI is InChI=1S/C16H25N3O5S/c1-11-6-5-7-12(2)19(11)15(21)10-25(23,24)9-13-8-14(20)18(4)16(22)17(13)3/h8,11-12H,5-7,9-10H2,1-4H3/t11-,12-/m1/s1. The third-order valence-electron chi connectivity index (χ3n) is 4.82. The zero-order valence-corrected chi connectivity index (χ0v) is 15.9. The molecule has 1 aromatic heterocycles. The number of aromatic nitrogens is 2. The van der Waals surface area contributed by atoms with Crippen LogP contribution in [0.4, 0.5) is 0 Å². The van der Waals surface area contributed by atoms with Gasteiger partial charge in [0.1, 0.15) is 5.75 Å². The summed E-state index contributed by atoms with van der Waals surface area (Å²) in [7, 11) is -1.07. The van der Waals surface area contributed by atoms with Gasteiger partial charge in [0.15, 0.2) is 9.84 Å². The van der Waals surface area contributed by atoms with Crippen molar-refractivity contribution in [1.29, 1.82) is 0 Å². The van der Waals surface area contributed by atoms with Crippen molar-refractivity contribution in [2.24, 2.45) is 14.1 Å². The smallest absolute Gasteiger partial charge is 0.330 e. The van der Waals surface area contributed by atoms with E-state index in [4.69, 9.17) is 0 Å². The second-order valence-electron chi connectivity index (χ2n) is 6.84. The van der Waals surface area contributed by atoms with E-state index >= 15 is 0 Å². The predicted molar refractivity (Wildman–Crippen MR) is 94.0 cm³/mol. The molecule has 0 aliphatic carbocycles. The van der Waals surface area contributed by atoms with Gasteiger partial charge < -0.3 is 4.90 Å². The number of hydrogen-bond donors (Lipinski definition) is 0. The van der Waals surface area contributed by atoms with E-state index in [1.807, 2.05) is 13.8 Å². The highest BCUT2D eigenvalue weighted by atomic mass is 32.2. The molecule has 1 aliphatic heterocycles. The lowest BCUT2D eigenvalue weighted by Gasteiger charge is -2.39. The fourth-order valence-corrected chi connectivity index (χ4v) is 4.72. The molecule has 0 aromatic carbocycles. The van der Waals surface area contributed by atoms with Gasteiger partial charge in [-0.25, -0.2) is 13.2 Å². The number of sulfone groups is 1. The molecular weight excluding hydrogens is 346 g/mol. The summed E-state index contributed by atoms with van der Waals surface area (Å²) < 4.78 is 26.9. The van der Waals surface area contributed by atoms with E-state index in [1.165, 1.54) is 14.1 Å². The normalized spacial score (nSPS) is 21.4. The molecule has 2 heterocycles.